The van der Waals surface area contributed by atoms with E-state index in [2.05, 4.69) is 26.6 Å². The summed E-state index contributed by atoms with van der Waals surface area (Å²) in [5.41, 5.74) is 3.33. The molecule has 0 spiro atoms. The van der Waals surface area contributed by atoms with Crippen LogP contribution in [0.3, 0.4) is 0 Å². The number of carbonyl (C=O) groups excluding carboxylic acids is 1. The van der Waals surface area contributed by atoms with Gasteiger partial charge in [0.05, 0.1) is 6.61 Å². The van der Waals surface area contributed by atoms with Gasteiger partial charge in [0.15, 0.2) is 5.82 Å². The smallest absolute Gasteiger partial charge is 0.375 e. The second-order valence-corrected chi connectivity index (χ2v) is 4.63. The van der Waals surface area contributed by atoms with E-state index in [0.717, 1.165) is 24.9 Å². The summed E-state index contributed by atoms with van der Waals surface area (Å²) in [6.45, 7) is 3.09. The second kappa shape index (κ2) is 5.32. The first-order valence-electron chi connectivity index (χ1n) is 6.74. The molecule has 1 aliphatic heterocycles. The van der Waals surface area contributed by atoms with Gasteiger partial charge in [-0.25, -0.2) is 9.78 Å². The van der Waals surface area contributed by atoms with E-state index in [9.17, 15) is 4.79 Å². The molecule has 2 heterocycles. The number of rotatable bonds is 3. The number of anilines is 1. The Labute approximate surface area is 116 Å². The van der Waals surface area contributed by atoms with Crippen LogP contribution < -0.4 is 5.32 Å². The van der Waals surface area contributed by atoms with Crippen LogP contribution in [-0.2, 0) is 11.2 Å². The summed E-state index contributed by atoms with van der Waals surface area (Å²) in [4.78, 5) is 15.7. The van der Waals surface area contributed by atoms with Gasteiger partial charge in [-0.2, -0.15) is 5.10 Å². The number of benzene rings is 1. The lowest BCUT2D eigenvalue weighted by atomic mass is 10.0. The molecule has 6 heteroatoms. The van der Waals surface area contributed by atoms with Crippen LogP contribution >= 0.6 is 0 Å². The monoisotopic (exact) mass is 272 g/mol. The van der Waals surface area contributed by atoms with Crippen molar-refractivity contribution in [2.45, 2.75) is 19.8 Å². The Kier molecular flexibility index (Phi) is 3.37. The maximum absolute atomic E-state index is 11.6. The third-order valence-electron chi connectivity index (χ3n) is 3.26. The summed E-state index contributed by atoms with van der Waals surface area (Å²) in [5.74, 6) is 0.171. The minimum absolute atomic E-state index is 0.137. The number of aryl methyl sites for hydroxylation is 1. The van der Waals surface area contributed by atoms with Crippen LogP contribution in [0.4, 0.5) is 5.69 Å². The highest BCUT2D eigenvalue weighted by Gasteiger charge is 2.15. The molecule has 0 saturated heterocycles. The number of aromatic amines is 1. The molecule has 1 aliphatic rings. The van der Waals surface area contributed by atoms with Crippen molar-refractivity contribution in [3.05, 3.63) is 29.6 Å². The predicted octanol–water partition coefficient (Wildman–Crippen LogP) is 2.01. The maximum Gasteiger partial charge on any atom is 0.375 e. The first kappa shape index (κ1) is 12.7. The van der Waals surface area contributed by atoms with Crippen molar-refractivity contribution in [1.82, 2.24) is 15.2 Å². The molecule has 0 unspecified atom stereocenters. The summed E-state index contributed by atoms with van der Waals surface area (Å²) < 4.78 is 4.88. The van der Waals surface area contributed by atoms with E-state index in [1.807, 2.05) is 12.1 Å². The second-order valence-electron chi connectivity index (χ2n) is 4.63. The Morgan fingerprint density at radius 1 is 1.45 bits per heavy atom. The molecular weight excluding hydrogens is 256 g/mol. The van der Waals surface area contributed by atoms with E-state index >= 15 is 0 Å². The van der Waals surface area contributed by atoms with Crippen LogP contribution in [0.1, 0.15) is 29.5 Å². The molecule has 20 heavy (non-hydrogen) atoms. The molecule has 0 saturated carbocycles. The SMILES string of the molecule is CCOC(=O)c1nc(-c2ccc3c(c2)CCCN3)n[nH]1. The van der Waals surface area contributed by atoms with Gasteiger partial charge in [0.2, 0.25) is 5.82 Å². The molecule has 3 rings (SSSR count). The molecule has 0 amide bonds. The van der Waals surface area contributed by atoms with Gasteiger partial charge in [-0.1, -0.05) is 0 Å². The van der Waals surface area contributed by atoms with Crippen molar-refractivity contribution in [3.8, 4) is 11.4 Å². The number of esters is 1. The fraction of sp³-hybridized carbons (Fsp3) is 0.357. The average Bonchev–Trinajstić information content (AvgIpc) is 2.97. The Bertz CT molecular complexity index is 636. The minimum Gasteiger partial charge on any atom is -0.460 e. The van der Waals surface area contributed by atoms with Crippen molar-refractivity contribution in [3.63, 3.8) is 0 Å². The lowest BCUT2D eigenvalue weighted by Crippen LogP contribution is -2.11. The number of ether oxygens (including phenoxy) is 1. The van der Waals surface area contributed by atoms with Gasteiger partial charge in [-0.15, -0.1) is 0 Å². The number of hydrogen-bond donors (Lipinski definition) is 2. The molecule has 104 valence electrons. The zero-order valence-electron chi connectivity index (χ0n) is 11.3. The summed E-state index contributed by atoms with van der Waals surface area (Å²) in [6, 6.07) is 6.05. The van der Waals surface area contributed by atoms with Crippen molar-refractivity contribution in [2.75, 3.05) is 18.5 Å². The number of aromatic nitrogens is 3. The number of nitrogens with one attached hydrogen (secondary N) is 2. The van der Waals surface area contributed by atoms with Gasteiger partial charge in [0, 0.05) is 17.8 Å². The van der Waals surface area contributed by atoms with Crippen LogP contribution in [0.2, 0.25) is 0 Å². The van der Waals surface area contributed by atoms with Gasteiger partial charge in [0.25, 0.3) is 0 Å². The third-order valence-corrected chi connectivity index (χ3v) is 3.26. The molecule has 0 atom stereocenters. The molecule has 0 fully saturated rings. The van der Waals surface area contributed by atoms with E-state index < -0.39 is 5.97 Å². The van der Waals surface area contributed by atoms with E-state index in [4.69, 9.17) is 4.74 Å². The van der Waals surface area contributed by atoms with Crippen LogP contribution in [0.5, 0.6) is 0 Å². The van der Waals surface area contributed by atoms with Crippen LogP contribution in [0, 0.1) is 0 Å². The average molecular weight is 272 g/mol. The highest BCUT2D eigenvalue weighted by atomic mass is 16.5. The highest BCUT2D eigenvalue weighted by molar-refractivity contribution is 5.85. The van der Waals surface area contributed by atoms with Crippen molar-refractivity contribution in [1.29, 1.82) is 0 Å². The Morgan fingerprint density at radius 3 is 3.20 bits per heavy atom. The number of carbonyl (C=O) groups is 1. The number of nitrogens with zero attached hydrogens (tertiary/aromatic N) is 2. The van der Waals surface area contributed by atoms with Crippen molar-refractivity contribution in [2.24, 2.45) is 0 Å². The maximum atomic E-state index is 11.6. The lowest BCUT2D eigenvalue weighted by molar-refractivity contribution is 0.0512. The third kappa shape index (κ3) is 2.36. The largest absolute Gasteiger partial charge is 0.460 e. The lowest BCUT2D eigenvalue weighted by Gasteiger charge is -2.18. The van der Waals surface area contributed by atoms with Gasteiger partial charge in [0.1, 0.15) is 0 Å². The molecular formula is C14H16N4O2. The Hall–Kier alpha value is -2.37. The van der Waals surface area contributed by atoms with Crippen molar-refractivity contribution >= 4 is 11.7 Å². The minimum atomic E-state index is -0.481. The van der Waals surface area contributed by atoms with Crippen molar-refractivity contribution < 1.29 is 9.53 Å². The molecule has 0 aliphatic carbocycles. The fourth-order valence-electron chi connectivity index (χ4n) is 2.30. The van der Waals surface area contributed by atoms with Crippen LogP contribution in [0.15, 0.2) is 18.2 Å². The summed E-state index contributed by atoms with van der Waals surface area (Å²) in [5, 5.41) is 10.1. The Morgan fingerprint density at radius 2 is 2.35 bits per heavy atom. The molecule has 1 aromatic carbocycles. The predicted molar refractivity (Wildman–Crippen MR) is 74.6 cm³/mol. The summed E-state index contributed by atoms with van der Waals surface area (Å²) >= 11 is 0. The molecule has 2 aromatic rings. The standard InChI is InChI=1S/C14H16N4O2/c1-2-20-14(19)13-16-12(17-18-13)10-5-6-11-9(8-10)4-3-7-15-11/h5-6,8,15H,2-4,7H2,1H3,(H,16,17,18). The van der Waals surface area contributed by atoms with E-state index in [0.29, 0.717) is 12.4 Å². The summed E-state index contributed by atoms with van der Waals surface area (Å²) in [7, 11) is 0. The highest BCUT2D eigenvalue weighted by Crippen LogP contribution is 2.26. The Balaban J connectivity index is 1.87. The van der Waals surface area contributed by atoms with E-state index in [1.165, 1.54) is 11.3 Å². The van der Waals surface area contributed by atoms with Gasteiger partial charge in [-0.3, -0.25) is 5.10 Å². The first-order chi connectivity index (χ1) is 9.78. The number of hydrogen-bond acceptors (Lipinski definition) is 5. The topological polar surface area (TPSA) is 79.9 Å². The zero-order valence-corrected chi connectivity index (χ0v) is 11.3. The fourth-order valence-corrected chi connectivity index (χ4v) is 2.30. The molecule has 1 aromatic heterocycles. The van der Waals surface area contributed by atoms with Gasteiger partial charge in [-0.05, 0) is 43.5 Å². The summed E-state index contributed by atoms with van der Waals surface area (Å²) in [6.07, 6.45) is 2.17. The normalized spacial score (nSPS) is 13.4. The van der Waals surface area contributed by atoms with E-state index in [1.54, 1.807) is 6.92 Å². The molecule has 6 nitrogen and oxygen atoms in total. The zero-order chi connectivity index (χ0) is 13.9. The van der Waals surface area contributed by atoms with Crippen LogP contribution in [-0.4, -0.2) is 34.3 Å². The molecule has 0 bridgehead atoms. The first-order valence-corrected chi connectivity index (χ1v) is 6.74. The number of H-pyrrole nitrogens is 1. The van der Waals surface area contributed by atoms with Crippen LogP contribution in [0.25, 0.3) is 11.4 Å². The van der Waals surface area contributed by atoms with E-state index in [-0.39, 0.29) is 5.82 Å². The van der Waals surface area contributed by atoms with Gasteiger partial charge >= 0.3 is 5.97 Å². The number of fused-ring (bicyclic) bond motifs is 1. The quantitative estimate of drug-likeness (QED) is 0.835. The molecule has 0 radical (unpaired) electrons. The van der Waals surface area contributed by atoms with Gasteiger partial charge < -0.3 is 10.1 Å². The molecule has 2 N–H and O–H groups in total.